The molecule has 1 aliphatic heterocycles. The lowest BCUT2D eigenvalue weighted by Gasteiger charge is -2.35. The summed E-state index contributed by atoms with van der Waals surface area (Å²) in [5.74, 6) is 0.442. The van der Waals surface area contributed by atoms with Gasteiger partial charge in [0.1, 0.15) is 4.83 Å². The van der Waals surface area contributed by atoms with Crippen LogP contribution in [0.3, 0.4) is 0 Å². The first kappa shape index (κ1) is 19.2. The van der Waals surface area contributed by atoms with E-state index >= 15 is 0 Å². The molecule has 7 heteroatoms. The third kappa shape index (κ3) is 3.86. The minimum absolute atomic E-state index is 0.135. The zero-order valence-corrected chi connectivity index (χ0v) is 17.4. The zero-order valence-electron chi connectivity index (χ0n) is 15.8. The summed E-state index contributed by atoms with van der Waals surface area (Å²) in [5, 5.41) is 3.10. The monoisotopic (exact) mass is 413 g/mol. The number of aromatic amines is 1. The SMILES string of the molecule is CC[C@@H]1CCCCN1C(=O)CSc1nc2scc(-c3ccccc3)c2c(=O)[nH]1. The predicted molar refractivity (Wildman–Crippen MR) is 116 cm³/mol. The van der Waals surface area contributed by atoms with Crippen molar-refractivity contribution >= 4 is 39.2 Å². The number of carbonyl (C=O) groups is 1. The van der Waals surface area contributed by atoms with Gasteiger partial charge in [-0.1, -0.05) is 49.0 Å². The van der Waals surface area contributed by atoms with E-state index in [1.165, 1.54) is 29.5 Å². The molecular weight excluding hydrogens is 390 g/mol. The van der Waals surface area contributed by atoms with E-state index in [9.17, 15) is 9.59 Å². The molecule has 1 aromatic carbocycles. The van der Waals surface area contributed by atoms with E-state index < -0.39 is 0 Å². The standard InChI is InChI=1S/C21H23N3O2S2/c1-2-15-10-6-7-11-24(15)17(25)13-28-21-22-19(26)18-16(12-27-20(18)23-21)14-8-4-3-5-9-14/h3-5,8-9,12,15H,2,6-7,10-11,13H2,1H3,(H,22,23,26)/t15-/m1/s1. The Balaban J connectivity index is 1.53. The van der Waals surface area contributed by atoms with Crippen molar-refractivity contribution in [3.8, 4) is 11.1 Å². The van der Waals surface area contributed by atoms with Gasteiger partial charge >= 0.3 is 0 Å². The minimum Gasteiger partial charge on any atom is -0.339 e. The highest BCUT2D eigenvalue weighted by molar-refractivity contribution is 7.99. The topological polar surface area (TPSA) is 66.1 Å². The number of benzene rings is 1. The number of nitrogens with zero attached hydrogens (tertiary/aromatic N) is 2. The molecule has 0 aliphatic carbocycles. The molecule has 0 radical (unpaired) electrons. The number of hydrogen-bond acceptors (Lipinski definition) is 5. The van der Waals surface area contributed by atoms with Crippen LogP contribution in [0.15, 0.2) is 45.7 Å². The normalized spacial score (nSPS) is 17.2. The molecule has 5 nitrogen and oxygen atoms in total. The first-order chi connectivity index (χ1) is 13.7. The molecule has 1 saturated heterocycles. The third-order valence-corrected chi connectivity index (χ3v) is 6.99. The molecule has 0 bridgehead atoms. The Morgan fingerprint density at radius 2 is 2.14 bits per heavy atom. The summed E-state index contributed by atoms with van der Waals surface area (Å²) in [7, 11) is 0. The number of rotatable bonds is 5. The van der Waals surface area contributed by atoms with Crippen LogP contribution in [-0.2, 0) is 4.79 Å². The van der Waals surface area contributed by atoms with Gasteiger partial charge in [-0.05, 0) is 31.2 Å². The van der Waals surface area contributed by atoms with Crippen LogP contribution in [0.25, 0.3) is 21.3 Å². The highest BCUT2D eigenvalue weighted by Crippen LogP contribution is 2.31. The number of fused-ring (bicyclic) bond motifs is 1. The second-order valence-electron chi connectivity index (χ2n) is 7.00. The molecule has 1 aliphatic rings. The molecule has 1 N–H and O–H groups in total. The summed E-state index contributed by atoms with van der Waals surface area (Å²) in [6.07, 6.45) is 4.36. The van der Waals surface area contributed by atoms with Gasteiger partial charge in [-0.3, -0.25) is 9.59 Å². The van der Waals surface area contributed by atoms with Crippen LogP contribution < -0.4 is 5.56 Å². The van der Waals surface area contributed by atoms with Crippen LogP contribution in [0.1, 0.15) is 32.6 Å². The van der Waals surface area contributed by atoms with Gasteiger partial charge < -0.3 is 9.88 Å². The number of nitrogens with one attached hydrogen (secondary N) is 1. The fourth-order valence-electron chi connectivity index (χ4n) is 3.79. The van der Waals surface area contributed by atoms with Crippen LogP contribution in [0.4, 0.5) is 0 Å². The molecule has 0 saturated carbocycles. The fraction of sp³-hybridized carbons (Fsp3) is 0.381. The number of amides is 1. The van der Waals surface area contributed by atoms with Crippen LogP contribution in [0, 0.1) is 0 Å². The molecule has 0 spiro atoms. The van der Waals surface area contributed by atoms with E-state index in [1.54, 1.807) is 0 Å². The molecular formula is C21H23N3O2S2. The first-order valence-electron chi connectivity index (χ1n) is 9.66. The van der Waals surface area contributed by atoms with Crippen LogP contribution in [0.2, 0.25) is 0 Å². The number of thioether (sulfide) groups is 1. The molecule has 2 aromatic heterocycles. The van der Waals surface area contributed by atoms with Gasteiger partial charge in [-0.15, -0.1) is 11.3 Å². The molecule has 1 amide bonds. The number of aromatic nitrogens is 2. The number of H-pyrrole nitrogens is 1. The molecule has 3 aromatic rings. The van der Waals surface area contributed by atoms with Crippen molar-refractivity contribution in [2.75, 3.05) is 12.3 Å². The fourth-order valence-corrected chi connectivity index (χ4v) is 5.55. The van der Waals surface area contributed by atoms with E-state index in [2.05, 4.69) is 16.9 Å². The van der Waals surface area contributed by atoms with Crippen molar-refractivity contribution < 1.29 is 4.79 Å². The van der Waals surface area contributed by atoms with Crippen molar-refractivity contribution in [3.05, 3.63) is 46.1 Å². The quantitative estimate of drug-likeness (QED) is 0.493. The van der Waals surface area contributed by atoms with Gasteiger partial charge in [0.05, 0.1) is 11.1 Å². The molecule has 1 atom stereocenters. The maximum absolute atomic E-state index is 12.7. The largest absolute Gasteiger partial charge is 0.339 e. The Hall–Kier alpha value is -2.12. The second kappa shape index (κ2) is 8.49. The van der Waals surface area contributed by atoms with Gasteiger partial charge in [0.25, 0.3) is 5.56 Å². The van der Waals surface area contributed by atoms with Gasteiger partial charge in [0.15, 0.2) is 5.16 Å². The first-order valence-corrected chi connectivity index (χ1v) is 11.5. The molecule has 1 fully saturated rings. The molecule has 146 valence electrons. The van der Waals surface area contributed by atoms with Crippen molar-refractivity contribution in [2.24, 2.45) is 0 Å². The molecule has 28 heavy (non-hydrogen) atoms. The highest BCUT2D eigenvalue weighted by Gasteiger charge is 2.25. The predicted octanol–water partition coefficient (Wildman–Crippen LogP) is 4.53. The summed E-state index contributed by atoms with van der Waals surface area (Å²) < 4.78 is 0. The Kier molecular flexibility index (Phi) is 5.82. The van der Waals surface area contributed by atoms with Gasteiger partial charge in [0, 0.05) is 23.5 Å². The van der Waals surface area contributed by atoms with Gasteiger partial charge in [-0.25, -0.2) is 4.98 Å². The van der Waals surface area contributed by atoms with Crippen LogP contribution >= 0.6 is 23.1 Å². The van der Waals surface area contributed by atoms with Gasteiger partial charge in [-0.2, -0.15) is 0 Å². The van der Waals surface area contributed by atoms with E-state index in [-0.39, 0.29) is 11.5 Å². The van der Waals surface area contributed by atoms with Crippen molar-refractivity contribution in [1.29, 1.82) is 0 Å². The Labute approximate surface area is 172 Å². The summed E-state index contributed by atoms with van der Waals surface area (Å²) >= 11 is 2.78. The molecule has 4 rings (SSSR count). The maximum Gasteiger partial charge on any atom is 0.260 e. The zero-order chi connectivity index (χ0) is 19.5. The number of piperidine rings is 1. The highest BCUT2D eigenvalue weighted by atomic mass is 32.2. The average Bonchev–Trinajstić information content (AvgIpc) is 3.17. The van der Waals surface area contributed by atoms with Gasteiger partial charge in [0.2, 0.25) is 5.91 Å². The average molecular weight is 414 g/mol. The number of hydrogen-bond donors (Lipinski definition) is 1. The van der Waals surface area contributed by atoms with Crippen molar-refractivity contribution in [2.45, 2.75) is 43.8 Å². The Bertz CT molecular complexity index is 1030. The summed E-state index contributed by atoms with van der Waals surface area (Å²) in [6, 6.07) is 10.2. The van der Waals surface area contributed by atoms with Crippen molar-refractivity contribution in [1.82, 2.24) is 14.9 Å². The summed E-state index contributed by atoms with van der Waals surface area (Å²) in [5.41, 5.74) is 1.76. The van der Waals surface area contributed by atoms with E-state index in [4.69, 9.17) is 0 Å². The van der Waals surface area contributed by atoms with Crippen LogP contribution in [-0.4, -0.2) is 39.1 Å². The minimum atomic E-state index is -0.149. The number of carbonyl (C=O) groups excluding carboxylic acids is 1. The van der Waals surface area contributed by atoms with E-state index in [0.717, 1.165) is 36.9 Å². The van der Waals surface area contributed by atoms with E-state index in [0.29, 0.717) is 27.2 Å². The van der Waals surface area contributed by atoms with Crippen LogP contribution in [0.5, 0.6) is 0 Å². The Morgan fingerprint density at radius 3 is 2.93 bits per heavy atom. The Morgan fingerprint density at radius 1 is 1.32 bits per heavy atom. The number of thiophene rings is 1. The number of likely N-dealkylation sites (tertiary alicyclic amines) is 1. The van der Waals surface area contributed by atoms with E-state index in [1.807, 2.05) is 40.6 Å². The van der Waals surface area contributed by atoms with Crippen molar-refractivity contribution in [3.63, 3.8) is 0 Å². The second-order valence-corrected chi connectivity index (χ2v) is 8.82. The lowest BCUT2D eigenvalue weighted by Crippen LogP contribution is -2.44. The maximum atomic E-state index is 12.7. The summed E-state index contributed by atoms with van der Waals surface area (Å²) in [6.45, 7) is 2.98. The lowest BCUT2D eigenvalue weighted by molar-refractivity contribution is -0.132. The lowest BCUT2D eigenvalue weighted by atomic mass is 10.0. The summed E-state index contributed by atoms with van der Waals surface area (Å²) in [4.78, 5) is 35.5. The third-order valence-electron chi connectivity index (χ3n) is 5.26. The molecule has 3 heterocycles. The smallest absolute Gasteiger partial charge is 0.260 e. The molecule has 0 unspecified atom stereocenters.